The zero-order valence-electron chi connectivity index (χ0n) is 13.2. The highest BCUT2D eigenvalue weighted by atomic mass is 19.2. The SMILES string of the molecule is O=C(COC(=O)c1cncn1-c1ccc(F)cc1)c1ccc(F)c(F)c1. The number of halogens is 3. The van der Waals surface area contributed by atoms with Crippen LogP contribution >= 0.6 is 0 Å². The molecule has 5 nitrogen and oxygen atoms in total. The average Bonchev–Trinajstić information content (AvgIpc) is 3.12. The third-order valence-electron chi connectivity index (χ3n) is 3.53. The molecule has 0 amide bonds. The van der Waals surface area contributed by atoms with Crippen molar-refractivity contribution in [3.63, 3.8) is 0 Å². The Kier molecular flexibility index (Phi) is 4.83. The average molecular weight is 360 g/mol. The number of hydrogen-bond donors (Lipinski definition) is 0. The van der Waals surface area contributed by atoms with E-state index in [2.05, 4.69) is 4.98 Å². The first-order valence-electron chi connectivity index (χ1n) is 7.39. The minimum atomic E-state index is -1.17. The second kappa shape index (κ2) is 7.22. The lowest BCUT2D eigenvalue weighted by Crippen LogP contribution is -2.17. The van der Waals surface area contributed by atoms with Gasteiger partial charge in [0, 0.05) is 11.3 Å². The minimum absolute atomic E-state index is 0.0229. The first-order chi connectivity index (χ1) is 12.5. The molecule has 3 rings (SSSR count). The van der Waals surface area contributed by atoms with Crippen molar-refractivity contribution in [3.8, 4) is 5.69 Å². The van der Waals surface area contributed by atoms with Gasteiger partial charge in [0.25, 0.3) is 0 Å². The second-order valence-electron chi connectivity index (χ2n) is 5.25. The molecule has 0 unspecified atom stereocenters. The molecular formula is C18H11F3N2O3. The summed E-state index contributed by atoms with van der Waals surface area (Å²) in [6, 6.07) is 7.97. The van der Waals surface area contributed by atoms with Crippen LogP contribution in [-0.4, -0.2) is 27.9 Å². The Labute approximate surface area is 145 Å². The fourth-order valence-corrected chi connectivity index (χ4v) is 2.21. The van der Waals surface area contributed by atoms with Crippen LogP contribution < -0.4 is 0 Å². The Balaban J connectivity index is 1.71. The van der Waals surface area contributed by atoms with Crippen molar-refractivity contribution in [3.05, 3.63) is 83.7 Å². The van der Waals surface area contributed by atoms with Gasteiger partial charge in [-0.15, -0.1) is 0 Å². The van der Waals surface area contributed by atoms with Gasteiger partial charge in [-0.3, -0.25) is 9.36 Å². The van der Waals surface area contributed by atoms with Gasteiger partial charge in [-0.1, -0.05) is 0 Å². The van der Waals surface area contributed by atoms with Gasteiger partial charge in [0.15, 0.2) is 29.7 Å². The van der Waals surface area contributed by atoms with Crippen molar-refractivity contribution in [1.29, 1.82) is 0 Å². The molecule has 3 aromatic rings. The highest BCUT2D eigenvalue weighted by Crippen LogP contribution is 2.14. The lowest BCUT2D eigenvalue weighted by molar-refractivity contribution is 0.0466. The predicted octanol–water partition coefficient (Wildman–Crippen LogP) is 3.33. The number of ketones is 1. The number of benzene rings is 2. The topological polar surface area (TPSA) is 61.2 Å². The van der Waals surface area contributed by atoms with Crippen LogP contribution in [-0.2, 0) is 4.74 Å². The molecule has 0 N–H and O–H groups in total. The third kappa shape index (κ3) is 3.64. The van der Waals surface area contributed by atoms with Gasteiger partial charge in [0.05, 0.1) is 12.5 Å². The summed E-state index contributed by atoms with van der Waals surface area (Å²) in [6.07, 6.45) is 2.56. The normalized spacial score (nSPS) is 10.6. The van der Waals surface area contributed by atoms with E-state index < -0.39 is 35.8 Å². The Hall–Kier alpha value is -3.42. The van der Waals surface area contributed by atoms with Gasteiger partial charge in [0.1, 0.15) is 5.82 Å². The van der Waals surface area contributed by atoms with E-state index in [-0.39, 0.29) is 11.3 Å². The van der Waals surface area contributed by atoms with E-state index in [9.17, 15) is 22.8 Å². The van der Waals surface area contributed by atoms with Gasteiger partial charge in [-0.2, -0.15) is 0 Å². The highest BCUT2D eigenvalue weighted by molar-refractivity contribution is 5.99. The second-order valence-corrected chi connectivity index (χ2v) is 5.25. The Morgan fingerprint density at radius 2 is 1.73 bits per heavy atom. The number of hydrogen-bond acceptors (Lipinski definition) is 4. The van der Waals surface area contributed by atoms with E-state index in [0.29, 0.717) is 5.69 Å². The molecule has 0 spiro atoms. The van der Waals surface area contributed by atoms with Crippen LogP contribution in [0.3, 0.4) is 0 Å². The maximum absolute atomic E-state index is 13.2. The highest BCUT2D eigenvalue weighted by Gasteiger charge is 2.17. The number of ether oxygens (including phenoxy) is 1. The minimum Gasteiger partial charge on any atom is -0.453 e. The van der Waals surface area contributed by atoms with Gasteiger partial charge in [0.2, 0.25) is 0 Å². The van der Waals surface area contributed by atoms with Crippen LogP contribution in [0.25, 0.3) is 5.69 Å². The number of Topliss-reactive ketones (excluding diaryl/α,β-unsaturated/α-hetero) is 1. The van der Waals surface area contributed by atoms with Crippen LogP contribution in [0.4, 0.5) is 13.2 Å². The third-order valence-corrected chi connectivity index (χ3v) is 3.53. The van der Waals surface area contributed by atoms with E-state index in [1.807, 2.05) is 0 Å². The Morgan fingerprint density at radius 1 is 1.00 bits per heavy atom. The summed E-state index contributed by atoms with van der Waals surface area (Å²) in [5, 5.41) is 0. The first kappa shape index (κ1) is 17.4. The van der Waals surface area contributed by atoms with Crippen molar-refractivity contribution in [2.45, 2.75) is 0 Å². The summed E-state index contributed by atoms with van der Waals surface area (Å²) in [7, 11) is 0. The zero-order chi connectivity index (χ0) is 18.7. The van der Waals surface area contributed by atoms with Crippen molar-refractivity contribution >= 4 is 11.8 Å². The number of carbonyl (C=O) groups excluding carboxylic acids is 2. The maximum Gasteiger partial charge on any atom is 0.357 e. The summed E-state index contributed by atoms with van der Waals surface area (Å²) in [5.74, 6) is -4.22. The van der Waals surface area contributed by atoms with Gasteiger partial charge < -0.3 is 4.74 Å². The van der Waals surface area contributed by atoms with E-state index in [0.717, 1.165) is 18.2 Å². The summed E-state index contributed by atoms with van der Waals surface area (Å²) in [6.45, 7) is -0.654. The fourth-order valence-electron chi connectivity index (χ4n) is 2.21. The standard InChI is InChI=1S/C18H11F3N2O3/c19-12-2-4-13(5-3-12)23-10-22-8-16(23)18(25)26-9-17(24)11-1-6-14(20)15(21)7-11/h1-8,10H,9H2. The van der Waals surface area contributed by atoms with Crippen molar-refractivity contribution in [2.24, 2.45) is 0 Å². The Bertz CT molecular complexity index is 968. The molecule has 0 aliphatic carbocycles. The predicted molar refractivity (Wildman–Crippen MR) is 84.5 cm³/mol. The molecule has 0 saturated heterocycles. The number of esters is 1. The molecule has 0 radical (unpaired) electrons. The van der Waals surface area contributed by atoms with Crippen molar-refractivity contribution in [2.75, 3.05) is 6.61 Å². The number of rotatable bonds is 5. The monoisotopic (exact) mass is 360 g/mol. The zero-order valence-corrected chi connectivity index (χ0v) is 13.2. The molecule has 2 aromatic carbocycles. The summed E-state index contributed by atoms with van der Waals surface area (Å²) >= 11 is 0. The van der Waals surface area contributed by atoms with Crippen molar-refractivity contribution in [1.82, 2.24) is 9.55 Å². The lowest BCUT2D eigenvalue weighted by Gasteiger charge is -2.08. The van der Waals surface area contributed by atoms with Crippen LogP contribution in [0.2, 0.25) is 0 Å². The summed E-state index contributed by atoms with van der Waals surface area (Å²) in [5.41, 5.74) is 0.376. The molecule has 0 saturated carbocycles. The molecule has 132 valence electrons. The van der Waals surface area contributed by atoms with E-state index in [4.69, 9.17) is 4.74 Å². The molecule has 8 heteroatoms. The Morgan fingerprint density at radius 3 is 2.42 bits per heavy atom. The van der Waals surface area contributed by atoms with Gasteiger partial charge in [-0.25, -0.2) is 22.9 Å². The van der Waals surface area contributed by atoms with E-state index in [1.165, 1.54) is 41.4 Å². The molecular weight excluding hydrogens is 349 g/mol. The number of carbonyl (C=O) groups is 2. The molecule has 0 aliphatic rings. The molecule has 0 aliphatic heterocycles. The summed E-state index contributed by atoms with van der Waals surface area (Å²) in [4.78, 5) is 28.0. The summed E-state index contributed by atoms with van der Waals surface area (Å²) < 4.78 is 45.3. The van der Waals surface area contributed by atoms with Crippen molar-refractivity contribution < 1.29 is 27.5 Å². The van der Waals surface area contributed by atoms with Gasteiger partial charge in [-0.05, 0) is 42.5 Å². The smallest absolute Gasteiger partial charge is 0.357 e. The van der Waals surface area contributed by atoms with Gasteiger partial charge >= 0.3 is 5.97 Å². The molecule has 1 heterocycles. The fraction of sp³-hybridized carbons (Fsp3) is 0.0556. The molecule has 1 aromatic heterocycles. The molecule has 0 atom stereocenters. The van der Waals surface area contributed by atoms with Crippen LogP contribution in [0, 0.1) is 17.5 Å². The molecule has 0 fully saturated rings. The molecule has 26 heavy (non-hydrogen) atoms. The number of aromatic nitrogens is 2. The first-order valence-corrected chi connectivity index (χ1v) is 7.39. The van der Waals surface area contributed by atoms with E-state index >= 15 is 0 Å². The van der Waals surface area contributed by atoms with Crippen LogP contribution in [0.15, 0.2) is 55.0 Å². The maximum atomic E-state index is 13.2. The lowest BCUT2D eigenvalue weighted by atomic mass is 10.1. The van der Waals surface area contributed by atoms with E-state index in [1.54, 1.807) is 0 Å². The quantitative estimate of drug-likeness (QED) is 0.517. The molecule has 0 bridgehead atoms. The number of nitrogens with zero attached hydrogens (tertiary/aromatic N) is 2. The number of imidazole rings is 1. The largest absolute Gasteiger partial charge is 0.453 e. The van der Waals surface area contributed by atoms with Crippen LogP contribution in [0.5, 0.6) is 0 Å². The van der Waals surface area contributed by atoms with Crippen LogP contribution in [0.1, 0.15) is 20.8 Å².